The molecule has 0 amide bonds. The van der Waals surface area contributed by atoms with Crippen molar-refractivity contribution in [1.29, 1.82) is 0 Å². The van der Waals surface area contributed by atoms with Crippen molar-refractivity contribution in [3.8, 4) is 163 Å². The fourth-order valence-electron chi connectivity index (χ4n) is 18.3. The molecule has 124 heavy (non-hydrogen) atoms. The number of nitrogens with zero attached hydrogens (tertiary/aromatic N) is 8. The van der Waals surface area contributed by atoms with E-state index < -0.39 is 0 Å². The molecule has 22 aromatic rings. The number of rotatable bonds is 13. The fraction of sp³-hybridized carbons (Fsp3) is 0.0259. The van der Waals surface area contributed by atoms with E-state index in [0.29, 0.717) is 34.9 Å². The average molecular weight is 1580 g/mol. The fourth-order valence-corrected chi connectivity index (χ4v) is 18.3. The quantitative estimate of drug-likeness (QED) is 0.106. The lowest BCUT2D eigenvalue weighted by Crippen LogP contribution is -2.15. The molecule has 0 aliphatic heterocycles. The summed E-state index contributed by atoms with van der Waals surface area (Å²) in [6.45, 7) is 4.68. The molecule has 582 valence electrons. The van der Waals surface area contributed by atoms with Gasteiger partial charge in [0, 0.05) is 50.0 Å². The van der Waals surface area contributed by atoms with Crippen molar-refractivity contribution in [1.82, 2.24) is 39.5 Å². The van der Waals surface area contributed by atoms with E-state index in [-0.39, 0.29) is 5.41 Å². The van der Waals surface area contributed by atoms with Gasteiger partial charge in [-0.15, -0.1) is 0 Å². The van der Waals surface area contributed by atoms with Crippen LogP contribution in [-0.4, -0.2) is 39.5 Å². The molecule has 8 nitrogen and oxygen atoms in total. The Morgan fingerprint density at radius 2 is 0.540 bits per heavy atom. The summed E-state index contributed by atoms with van der Waals surface area (Å²) < 4.78 is 2.30. The highest BCUT2D eigenvalue weighted by atomic mass is 15.1. The van der Waals surface area contributed by atoms with Crippen molar-refractivity contribution in [3.63, 3.8) is 0 Å². The van der Waals surface area contributed by atoms with E-state index in [0.717, 1.165) is 83.4 Å². The minimum Gasteiger partial charge on any atom is -0.292 e. The van der Waals surface area contributed by atoms with Crippen molar-refractivity contribution >= 4 is 54.1 Å². The minimum atomic E-state index is -0.168. The Labute approximate surface area is 719 Å². The molecular weight excluding hydrogens is 1510 g/mol. The molecular formula is C116H78N8. The molecule has 0 N–H and O–H groups in total. The molecule has 0 atom stereocenters. The van der Waals surface area contributed by atoms with E-state index in [4.69, 9.17) is 34.9 Å². The lowest BCUT2D eigenvalue weighted by atomic mass is 9.80. The zero-order valence-corrected chi connectivity index (χ0v) is 68.1. The van der Waals surface area contributed by atoms with E-state index in [2.05, 4.69) is 407 Å². The molecule has 2 aliphatic rings. The zero-order chi connectivity index (χ0) is 82.6. The summed E-state index contributed by atoms with van der Waals surface area (Å²) in [6, 6.07) is 154. The van der Waals surface area contributed by atoms with Gasteiger partial charge in [0.05, 0.1) is 11.0 Å². The lowest BCUT2D eigenvalue weighted by molar-refractivity contribution is 0.663. The van der Waals surface area contributed by atoms with E-state index in [9.17, 15) is 0 Å². The topological polar surface area (TPSA) is 95.2 Å². The summed E-state index contributed by atoms with van der Waals surface area (Å²) in [7, 11) is 0. The maximum absolute atomic E-state index is 5.23. The second-order valence-electron chi connectivity index (χ2n) is 32.2. The first kappa shape index (κ1) is 74.0. The summed E-state index contributed by atoms with van der Waals surface area (Å²) in [4.78, 5) is 35.1. The third-order valence-corrected chi connectivity index (χ3v) is 24.4. The Morgan fingerprint density at radius 1 is 0.202 bits per heavy atom. The molecule has 0 fully saturated rings. The maximum Gasteiger partial charge on any atom is 0.164 e. The summed E-state index contributed by atoms with van der Waals surface area (Å²) in [6.07, 6.45) is 0. The predicted octanol–water partition coefficient (Wildman–Crippen LogP) is 29.7. The highest BCUT2D eigenvalue weighted by Crippen LogP contribution is 2.57. The number of para-hydroxylation sites is 3. The average Bonchev–Trinajstić information content (AvgIpc) is 1.55. The number of hydrogen-bond donors (Lipinski definition) is 0. The van der Waals surface area contributed by atoms with E-state index >= 15 is 0 Å². The molecule has 8 heteroatoms. The van der Waals surface area contributed by atoms with E-state index in [1.807, 2.05) is 48.5 Å². The van der Waals surface area contributed by atoms with Gasteiger partial charge in [-0.1, -0.05) is 396 Å². The van der Waals surface area contributed by atoms with Gasteiger partial charge in [-0.25, -0.2) is 34.9 Å². The SMILES string of the molecule is CC1(C)c2cc(-c3ccccc3)cc3ccc4cc(-c5nc(-c6ccccc6)nc(-c6ccccc6)n5)cc1c4c23.c1ccc(-c2ccc(-c3ccccc3)c3c2-c2cccc4c(-c5nc6ccccc6n5-c5ccccc5)ccc-3c24)cc1.c1ccc(-c2ccc(-c3nc(-c4ccc(-c5ccccc5)cc4)nc(-c4cccc5ccccc45)n3)cc2)cc1. The number of benzene rings is 19. The third-order valence-electron chi connectivity index (χ3n) is 24.4. The highest BCUT2D eigenvalue weighted by molar-refractivity contribution is 6.23. The molecule has 19 aromatic carbocycles. The van der Waals surface area contributed by atoms with Crippen molar-refractivity contribution in [3.05, 3.63) is 448 Å². The van der Waals surface area contributed by atoms with Gasteiger partial charge in [-0.2, -0.15) is 0 Å². The van der Waals surface area contributed by atoms with E-state index in [1.165, 1.54) is 110 Å². The normalized spacial score (nSPS) is 12.0. The molecule has 0 radical (unpaired) electrons. The Morgan fingerprint density at radius 3 is 1.06 bits per heavy atom. The van der Waals surface area contributed by atoms with Crippen molar-refractivity contribution in [2.45, 2.75) is 19.3 Å². The van der Waals surface area contributed by atoms with Crippen LogP contribution in [0.1, 0.15) is 25.0 Å². The highest BCUT2D eigenvalue weighted by Gasteiger charge is 2.36. The van der Waals surface area contributed by atoms with Crippen LogP contribution in [0.15, 0.2) is 437 Å². The van der Waals surface area contributed by atoms with Gasteiger partial charge in [0.1, 0.15) is 5.82 Å². The van der Waals surface area contributed by atoms with Crippen LogP contribution < -0.4 is 0 Å². The van der Waals surface area contributed by atoms with Crippen LogP contribution in [0.4, 0.5) is 0 Å². The Bertz CT molecular complexity index is 7560. The number of hydrogen-bond acceptors (Lipinski definition) is 7. The third kappa shape index (κ3) is 13.5. The van der Waals surface area contributed by atoms with Crippen molar-refractivity contribution in [2.75, 3.05) is 0 Å². The standard InChI is InChI=1S/C41H26N2.C38H27N3.C37H25N3/c1-4-13-27(14-5-1)30-23-24-31(28-15-6-2-7-16-28)40-35-26-25-33(32-19-12-20-34(38(32)35)39(30)40)41-42-36-21-10-11-22-37(36)43(41)29-17-8-3-9-18-29;1-38(2)31-22-29(24-12-6-3-7-13-24)20-27-18-19-28-21-30(23-32(38)34(28)33(27)31)37-40-35(25-14-8-4-9-15-25)39-36(41-37)26-16-10-5-11-17-26;1-3-10-26(11-4-1)28-18-22-31(23-19-28)35-38-36(32-24-20-29(21-25-32)27-12-5-2-6-13-27)40-37(39-35)34-17-9-15-30-14-7-8-16-33(30)34/h1-26H;3-23H,1-2H3;1-25H. The monoisotopic (exact) mass is 1580 g/mol. The largest absolute Gasteiger partial charge is 0.292 e. The van der Waals surface area contributed by atoms with Crippen LogP contribution in [0.2, 0.25) is 0 Å². The Balaban J connectivity index is 0.000000111. The first-order chi connectivity index (χ1) is 61.2. The molecule has 0 saturated heterocycles. The first-order valence-corrected chi connectivity index (χ1v) is 42.2. The van der Waals surface area contributed by atoms with Gasteiger partial charge < -0.3 is 0 Å². The van der Waals surface area contributed by atoms with Crippen LogP contribution >= 0.6 is 0 Å². The molecule has 0 spiro atoms. The lowest BCUT2D eigenvalue weighted by Gasteiger charge is -2.23. The summed E-state index contributed by atoms with van der Waals surface area (Å²) in [5.41, 5.74) is 30.0. The van der Waals surface area contributed by atoms with Crippen LogP contribution in [0.3, 0.4) is 0 Å². The van der Waals surface area contributed by atoms with Crippen LogP contribution in [0, 0.1) is 0 Å². The van der Waals surface area contributed by atoms with Crippen LogP contribution in [0.5, 0.6) is 0 Å². The first-order valence-electron chi connectivity index (χ1n) is 42.2. The predicted molar refractivity (Wildman–Crippen MR) is 513 cm³/mol. The molecule has 24 rings (SSSR count). The number of imidazole rings is 1. The molecule has 3 heterocycles. The van der Waals surface area contributed by atoms with Crippen LogP contribution in [0.25, 0.3) is 217 Å². The smallest absolute Gasteiger partial charge is 0.164 e. The van der Waals surface area contributed by atoms with Crippen molar-refractivity contribution in [2.24, 2.45) is 0 Å². The Hall–Kier alpha value is -16.3. The van der Waals surface area contributed by atoms with Gasteiger partial charge in [0.15, 0.2) is 34.9 Å². The molecule has 3 aromatic heterocycles. The zero-order valence-electron chi connectivity index (χ0n) is 68.1. The summed E-state index contributed by atoms with van der Waals surface area (Å²) >= 11 is 0. The molecule has 0 bridgehead atoms. The van der Waals surface area contributed by atoms with Crippen LogP contribution in [-0.2, 0) is 5.41 Å². The number of aromatic nitrogens is 8. The minimum absolute atomic E-state index is 0.168. The summed E-state index contributed by atoms with van der Waals surface area (Å²) in [5, 5.41) is 9.98. The maximum atomic E-state index is 5.23. The van der Waals surface area contributed by atoms with Gasteiger partial charge in [0.25, 0.3) is 0 Å². The van der Waals surface area contributed by atoms with Crippen molar-refractivity contribution < 1.29 is 0 Å². The van der Waals surface area contributed by atoms with Gasteiger partial charge in [-0.3, -0.25) is 4.57 Å². The van der Waals surface area contributed by atoms with E-state index in [1.54, 1.807) is 0 Å². The molecule has 2 aliphatic carbocycles. The second kappa shape index (κ2) is 31.5. The molecule has 0 unspecified atom stereocenters. The summed E-state index contributed by atoms with van der Waals surface area (Å²) in [5.74, 6) is 4.97. The van der Waals surface area contributed by atoms with Gasteiger partial charge in [-0.05, 0) is 187 Å². The number of fused-ring (bicyclic) bond motifs is 5. The molecule has 0 saturated carbocycles. The second-order valence-corrected chi connectivity index (χ2v) is 32.2. The van der Waals surface area contributed by atoms with Gasteiger partial charge in [0.2, 0.25) is 0 Å². The van der Waals surface area contributed by atoms with Gasteiger partial charge >= 0.3 is 0 Å². The Kier molecular flexibility index (Phi) is 18.8.